The zero-order chi connectivity index (χ0) is 55.0. The molecule has 2 fully saturated rings. The Hall–Kier alpha value is -6.01. The number of aryl methyl sites for hydroxylation is 2. The molecule has 0 saturated carbocycles. The Morgan fingerprint density at radius 3 is 1.41 bits per heavy atom. The Morgan fingerprint density at radius 2 is 0.938 bits per heavy atom. The van der Waals surface area contributed by atoms with Gasteiger partial charge in [-0.3, -0.25) is 4.79 Å². The maximum atomic E-state index is 13.8. The minimum atomic E-state index is -1.14. The normalized spacial score (nSPS) is 22.9. The molecule has 7 aromatic rings. The fraction of sp³-hybridized carbons (Fsp3) is 0.394. The molecular formula is C66H77N2O11S+. The number of nitrogens with zero attached hydrogens (tertiary/aromatic N) is 2. The minimum Gasteiger partial charge on any atom is -0.463 e. The summed E-state index contributed by atoms with van der Waals surface area (Å²) >= 11 is 1.61. The quantitative estimate of drug-likeness (QED) is 0.0234. The fourth-order valence-electron chi connectivity index (χ4n) is 10.0. The van der Waals surface area contributed by atoms with Crippen molar-refractivity contribution in [2.45, 2.75) is 139 Å². The molecule has 0 unspecified atom stereocenters. The highest BCUT2D eigenvalue weighted by atomic mass is 32.2. The van der Waals surface area contributed by atoms with Crippen LogP contribution in [0.5, 0.6) is 0 Å². The number of esters is 1. The molecule has 0 aliphatic carbocycles. The van der Waals surface area contributed by atoms with E-state index in [1.807, 2.05) is 200 Å². The molecular weight excluding hydrogens is 1030 g/mol. The molecule has 10 atom stereocenters. The number of carbonyl (C=O) groups excluding carboxylic acids is 1. The number of ether oxygens (including phenoxy) is 10. The van der Waals surface area contributed by atoms with Crippen LogP contribution in [0.2, 0.25) is 0 Å². The standard InChI is InChI=1S/C66H77N2O11S/c1-3-80-66-64(76-46-55-35-21-9-22-36-55)62(74-44-53-31-17-7-18-32-53)60(57(78-66)48-71-58(69)37-23-10-24-38-68-40-39-67(2)49-68)79-65-63(75-45-54-33-19-8-20-34-54)61(73-43-52-29-15-6-16-30-52)59(72-42-51-27-13-5-14-28-51)56(77-65)47-70-41-50-25-11-4-12-26-50/h4-9,11-22,25-36,39-40,49,56-57,59-66H,3,10,23-24,37-38,41-48H2,1-2H3/q+1/t56-,57-,59-,60-,61+,62+,63-,64-,65-,66+/m1/s1. The number of imidazole rings is 1. The molecule has 13 nitrogen and oxygen atoms in total. The lowest BCUT2D eigenvalue weighted by molar-refractivity contribution is -0.671. The van der Waals surface area contributed by atoms with Gasteiger partial charge >= 0.3 is 5.97 Å². The van der Waals surface area contributed by atoms with E-state index in [1.165, 1.54) is 0 Å². The van der Waals surface area contributed by atoms with Gasteiger partial charge in [-0.15, -0.1) is 11.8 Å². The van der Waals surface area contributed by atoms with Gasteiger partial charge in [0.05, 0.1) is 59.8 Å². The van der Waals surface area contributed by atoms with Crippen molar-refractivity contribution in [3.8, 4) is 0 Å². The van der Waals surface area contributed by atoms with Gasteiger partial charge in [0.15, 0.2) is 6.29 Å². The first-order valence-electron chi connectivity index (χ1n) is 28.1. The number of benzene rings is 6. The number of thioether (sulfide) groups is 1. The highest BCUT2D eigenvalue weighted by Gasteiger charge is 2.54. The van der Waals surface area contributed by atoms with E-state index in [9.17, 15) is 4.79 Å². The topological polar surface area (TPSA) is 118 Å². The average molecular weight is 1110 g/mol. The van der Waals surface area contributed by atoms with Crippen LogP contribution in [0.15, 0.2) is 201 Å². The van der Waals surface area contributed by atoms with Crippen molar-refractivity contribution in [1.29, 1.82) is 0 Å². The summed E-state index contributed by atoms with van der Waals surface area (Å²) in [5.41, 5.74) is 5.36. The Morgan fingerprint density at radius 1 is 0.500 bits per heavy atom. The Kier molecular flexibility index (Phi) is 23.3. The molecule has 2 aliphatic rings. The maximum Gasteiger partial charge on any atom is 0.305 e. The summed E-state index contributed by atoms with van der Waals surface area (Å²) in [7, 11) is 2.01. The lowest BCUT2D eigenvalue weighted by Gasteiger charge is -2.50. The molecule has 14 heteroatoms. The minimum absolute atomic E-state index is 0.108. The van der Waals surface area contributed by atoms with Gasteiger partial charge in [0.1, 0.15) is 73.3 Å². The summed E-state index contributed by atoms with van der Waals surface area (Å²) in [6.07, 6.45) is 1.42. The summed E-state index contributed by atoms with van der Waals surface area (Å²) in [5.74, 6) is 0.405. The number of hydrogen-bond donors (Lipinski definition) is 0. The SMILES string of the molecule is CCS[C@@H]1O[C@H](COC(=O)CCCCCn2cc[n+](C)c2)[C@@H](O[C@H]2O[C@H](COCc3ccccc3)[C@@H](OCc3ccccc3)[C@H](OCc3ccccc3)[C@H]2OCc2ccccc2)[C@H](OCc2ccccc2)[C@H]1OCc1ccccc1. The van der Waals surface area contributed by atoms with Gasteiger partial charge in [0.25, 0.3) is 0 Å². The van der Waals surface area contributed by atoms with E-state index < -0.39 is 60.6 Å². The van der Waals surface area contributed by atoms with Crippen LogP contribution in [0, 0.1) is 0 Å². The largest absolute Gasteiger partial charge is 0.463 e. The lowest BCUT2D eigenvalue weighted by Crippen LogP contribution is -2.66. The molecule has 2 aliphatic heterocycles. The second kappa shape index (κ2) is 31.8. The zero-order valence-corrected chi connectivity index (χ0v) is 46.8. The van der Waals surface area contributed by atoms with Crippen molar-refractivity contribution in [2.75, 3.05) is 19.0 Å². The number of hydrogen-bond acceptors (Lipinski definition) is 12. The van der Waals surface area contributed by atoms with E-state index in [0.717, 1.165) is 58.5 Å². The molecule has 80 heavy (non-hydrogen) atoms. The van der Waals surface area contributed by atoms with E-state index in [-0.39, 0.29) is 58.6 Å². The van der Waals surface area contributed by atoms with Gasteiger partial charge in [-0.05, 0) is 58.4 Å². The predicted molar refractivity (Wildman–Crippen MR) is 307 cm³/mol. The summed E-state index contributed by atoms with van der Waals surface area (Å²) in [5, 5.41) is 0. The summed E-state index contributed by atoms with van der Waals surface area (Å²) in [6.45, 7) is 4.57. The van der Waals surface area contributed by atoms with E-state index in [1.54, 1.807) is 11.8 Å². The van der Waals surface area contributed by atoms with Gasteiger partial charge in [-0.2, -0.15) is 0 Å². The van der Waals surface area contributed by atoms with Crippen LogP contribution >= 0.6 is 11.8 Å². The molecule has 0 N–H and O–H groups in total. The average Bonchev–Trinajstić information content (AvgIpc) is 4.08. The Balaban J connectivity index is 1.08. The monoisotopic (exact) mass is 1110 g/mol. The first-order chi connectivity index (χ1) is 39.5. The number of carbonyl (C=O) groups is 1. The van der Waals surface area contributed by atoms with E-state index in [4.69, 9.17) is 47.4 Å². The van der Waals surface area contributed by atoms with Crippen LogP contribution in [0.4, 0.5) is 0 Å². The van der Waals surface area contributed by atoms with Crippen molar-refractivity contribution in [3.63, 3.8) is 0 Å². The molecule has 9 rings (SSSR count). The van der Waals surface area contributed by atoms with Gasteiger partial charge in [-0.1, -0.05) is 189 Å². The van der Waals surface area contributed by atoms with Gasteiger partial charge in [-0.25, -0.2) is 9.13 Å². The van der Waals surface area contributed by atoms with Crippen LogP contribution < -0.4 is 4.57 Å². The fourth-order valence-corrected chi connectivity index (χ4v) is 11.0. The van der Waals surface area contributed by atoms with E-state index >= 15 is 0 Å². The molecule has 1 aromatic heterocycles. The van der Waals surface area contributed by atoms with Crippen molar-refractivity contribution < 1.29 is 56.7 Å². The molecule has 422 valence electrons. The zero-order valence-electron chi connectivity index (χ0n) is 46.0. The van der Waals surface area contributed by atoms with Gasteiger partial charge in [0, 0.05) is 6.42 Å². The lowest BCUT2D eigenvalue weighted by atomic mass is 9.96. The van der Waals surface area contributed by atoms with Crippen LogP contribution in [0.3, 0.4) is 0 Å². The smallest absolute Gasteiger partial charge is 0.305 e. The second-order valence-electron chi connectivity index (χ2n) is 20.3. The number of aromatic nitrogens is 2. The first kappa shape index (κ1) is 58.6. The molecule has 0 bridgehead atoms. The van der Waals surface area contributed by atoms with Gasteiger partial charge < -0.3 is 47.4 Å². The molecule has 2 saturated heterocycles. The summed E-state index contributed by atoms with van der Waals surface area (Å²) in [4.78, 5) is 13.8. The highest BCUT2D eigenvalue weighted by Crippen LogP contribution is 2.39. The van der Waals surface area contributed by atoms with Crippen molar-refractivity contribution in [3.05, 3.63) is 234 Å². The van der Waals surface area contributed by atoms with Crippen molar-refractivity contribution in [1.82, 2.24) is 4.57 Å². The van der Waals surface area contributed by atoms with Crippen molar-refractivity contribution in [2.24, 2.45) is 7.05 Å². The third kappa shape index (κ3) is 18.0. The van der Waals surface area contributed by atoms with Gasteiger partial charge in [0.2, 0.25) is 6.33 Å². The molecule has 3 heterocycles. The Labute approximate surface area is 476 Å². The highest BCUT2D eigenvalue weighted by molar-refractivity contribution is 7.99. The van der Waals surface area contributed by atoms with Crippen molar-refractivity contribution >= 4 is 17.7 Å². The molecule has 0 spiro atoms. The number of unbranched alkanes of at least 4 members (excludes halogenated alkanes) is 2. The van der Waals surface area contributed by atoms with Crippen LogP contribution in [0.1, 0.15) is 66.0 Å². The molecule has 6 aromatic carbocycles. The van der Waals surface area contributed by atoms with E-state index in [2.05, 4.69) is 24.0 Å². The third-order valence-electron chi connectivity index (χ3n) is 14.2. The second-order valence-corrected chi connectivity index (χ2v) is 21.6. The summed E-state index contributed by atoms with van der Waals surface area (Å²) in [6, 6.07) is 60.3. The number of rotatable bonds is 31. The maximum absolute atomic E-state index is 13.8. The van der Waals surface area contributed by atoms with Crippen LogP contribution in [-0.2, 0) is 105 Å². The molecule has 0 amide bonds. The third-order valence-corrected chi connectivity index (χ3v) is 15.2. The molecule has 0 radical (unpaired) electrons. The van der Waals surface area contributed by atoms with Crippen LogP contribution in [0.25, 0.3) is 0 Å². The Bertz CT molecular complexity index is 2800. The van der Waals surface area contributed by atoms with Crippen LogP contribution in [-0.4, -0.2) is 90.1 Å². The summed E-state index contributed by atoms with van der Waals surface area (Å²) < 4.78 is 74.3. The van der Waals surface area contributed by atoms with E-state index in [0.29, 0.717) is 13.0 Å². The predicted octanol–water partition coefficient (Wildman–Crippen LogP) is 11.1. The first-order valence-corrected chi connectivity index (χ1v) is 29.1.